The van der Waals surface area contributed by atoms with Crippen LogP contribution in [0, 0.1) is 13.8 Å². The molecule has 0 aliphatic carbocycles. The second-order valence-electron chi connectivity index (χ2n) is 6.85. The van der Waals surface area contributed by atoms with E-state index in [1.807, 2.05) is 12.4 Å². The second kappa shape index (κ2) is 6.43. The Morgan fingerprint density at radius 1 is 1.21 bits per heavy atom. The molecule has 3 aromatic rings. The minimum Gasteiger partial charge on any atom is -0.339 e. The van der Waals surface area contributed by atoms with Crippen LogP contribution in [0.4, 0.5) is 0 Å². The monoisotopic (exact) mass is 342 g/mol. The first kappa shape index (κ1) is 16.8. The van der Waals surface area contributed by atoms with E-state index >= 15 is 0 Å². The smallest absolute Gasteiger partial charge is 0.232 e. The first-order chi connectivity index (χ1) is 11.4. The van der Waals surface area contributed by atoms with Crippen LogP contribution in [-0.4, -0.2) is 19.7 Å². The maximum Gasteiger partial charge on any atom is 0.232 e. The van der Waals surface area contributed by atoms with E-state index in [2.05, 4.69) is 72.5 Å². The van der Waals surface area contributed by atoms with Gasteiger partial charge in [-0.1, -0.05) is 49.8 Å². The van der Waals surface area contributed by atoms with Crippen LogP contribution in [0.25, 0.3) is 5.69 Å². The lowest BCUT2D eigenvalue weighted by Crippen LogP contribution is -2.11. The zero-order chi connectivity index (χ0) is 17.3. The van der Waals surface area contributed by atoms with Gasteiger partial charge in [0.15, 0.2) is 11.0 Å². The summed E-state index contributed by atoms with van der Waals surface area (Å²) in [5, 5.41) is 4.99. The molecular formula is C18H22N4OS. The van der Waals surface area contributed by atoms with Crippen molar-refractivity contribution in [1.29, 1.82) is 0 Å². The summed E-state index contributed by atoms with van der Waals surface area (Å²) in [6.07, 6.45) is 3.81. The van der Waals surface area contributed by atoms with Crippen LogP contribution in [0.15, 0.2) is 40.3 Å². The fraction of sp³-hybridized carbons (Fsp3) is 0.389. The summed E-state index contributed by atoms with van der Waals surface area (Å²) >= 11 is 1.61. The lowest BCUT2D eigenvalue weighted by atomic mass is 9.97. The van der Waals surface area contributed by atoms with E-state index in [-0.39, 0.29) is 5.41 Å². The first-order valence-corrected chi connectivity index (χ1v) is 8.90. The molecule has 0 atom stereocenters. The summed E-state index contributed by atoms with van der Waals surface area (Å²) in [4.78, 5) is 8.95. The van der Waals surface area contributed by atoms with Crippen molar-refractivity contribution in [2.45, 2.75) is 50.9 Å². The normalized spacial score (nSPS) is 11.9. The molecule has 0 aliphatic heterocycles. The number of rotatable bonds is 4. The Morgan fingerprint density at radius 2 is 2.00 bits per heavy atom. The molecule has 0 spiro atoms. The zero-order valence-corrected chi connectivity index (χ0v) is 15.5. The SMILES string of the molecule is Cc1cccc(-n2ccnc2SCc2noc(C(C)(C)C)n2)c1C. The van der Waals surface area contributed by atoms with E-state index in [4.69, 9.17) is 4.52 Å². The minimum atomic E-state index is -0.132. The average molecular weight is 342 g/mol. The summed E-state index contributed by atoms with van der Waals surface area (Å²) in [5.74, 6) is 1.98. The summed E-state index contributed by atoms with van der Waals surface area (Å²) in [6, 6.07) is 6.30. The third kappa shape index (κ3) is 3.38. The molecule has 126 valence electrons. The van der Waals surface area contributed by atoms with Crippen molar-refractivity contribution in [3.63, 3.8) is 0 Å². The van der Waals surface area contributed by atoms with E-state index < -0.39 is 0 Å². The molecule has 0 fully saturated rings. The molecule has 24 heavy (non-hydrogen) atoms. The molecule has 5 nitrogen and oxygen atoms in total. The van der Waals surface area contributed by atoms with Gasteiger partial charge in [-0.25, -0.2) is 4.98 Å². The van der Waals surface area contributed by atoms with Gasteiger partial charge in [-0.15, -0.1) is 0 Å². The highest BCUT2D eigenvalue weighted by molar-refractivity contribution is 7.98. The molecule has 2 heterocycles. The van der Waals surface area contributed by atoms with Crippen molar-refractivity contribution < 1.29 is 4.52 Å². The van der Waals surface area contributed by atoms with Crippen LogP contribution >= 0.6 is 11.8 Å². The van der Waals surface area contributed by atoms with Crippen LogP contribution in [0.3, 0.4) is 0 Å². The number of imidazole rings is 1. The third-order valence-electron chi connectivity index (χ3n) is 3.88. The molecule has 2 aromatic heterocycles. The maximum absolute atomic E-state index is 5.35. The lowest BCUT2D eigenvalue weighted by Gasteiger charge is -2.12. The zero-order valence-electron chi connectivity index (χ0n) is 14.7. The Kier molecular flexibility index (Phi) is 4.49. The van der Waals surface area contributed by atoms with Crippen LogP contribution in [0.5, 0.6) is 0 Å². The standard InChI is InChI=1S/C18H22N4OS/c1-12-7-6-8-14(13(12)2)22-10-9-19-17(22)24-11-15-20-16(23-21-15)18(3,4)5/h6-10H,11H2,1-5H3. The summed E-state index contributed by atoms with van der Waals surface area (Å²) < 4.78 is 7.46. The highest BCUT2D eigenvalue weighted by atomic mass is 32.2. The van der Waals surface area contributed by atoms with E-state index in [1.165, 1.54) is 11.1 Å². The Morgan fingerprint density at radius 3 is 2.71 bits per heavy atom. The molecule has 0 saturated heterocycles. The van der Waals surface area contributed by atoms with Gasteiger partial charge >= 0.3 is 0 Å². The van der Waals surface area contributed by atoms with Crippen molar-refractivity contribution in [2.24, 2.45) is 0 Å². The fourth-order valence-electron chi connectivity index (χ4n) is 2.32. The Labute approximate surface area is 146 Å². The van der Waals surface area contributed by atoms with Gasteiger partial charge in [0.05, 0.1) is 11.4 Å². The largest absolute Gasteiger partial charge is 0.339 e. The molecule has 0 N–H and O–H groups in total. The molecule has 0 unspecified atom stereocenters. The molecule has 0 radical (unpaired) electrons. The van der Waals surface area contributed by atoms with E-state index in [0.717, 1.165) is 10.8 Å². The predicted octanol–water partition coefficient (Wildman–Crippen LogP) is 4.46. The van der Waals surface area contributed by atoms with Crippen molar-refractivity contribution in [3.8, 4) is 5.69 Å². The highest BCUT2D eigenvalue weighted by Gasteiger charge is 2.22. The Balaban J connectivity index is 1.79. The van der Waals surface area contributed by atoms with Gasteiger partial charge in [0, 0.05) is 17.8 Å². The number of nitrogens with zero attached hydrogens (tertiary/aromatic N) is 4. The van der Waals surface area contributed by atoms with Crippen LogP contribution in [0.2, 0.25) is 0 Å². The van der Waals surface area contributed by atoms with E-state index in [1.54, 1.807) is 11.8 Å². The average Bonchev–Trinajstić information content (AvgIpc) is 3.16. The molecular weight excluding hydrogens is 320 g/mol. The molecule has 6 heteroatoms. The molecule has 1 aromatic carbocycles. The van der Waals surface area contributed by atoms with E-state index in [0.29, 0.717) is 17.5 Å². The number of hydrogen-bond acceptors (Lipinski definition) is 5. The van der Waals surface area contributed by atoms with Crippen molar-refractivity contribution in [2.75, 3.05) is 0 Å². The van der Waals surface area contributed by atoms with Crippen LogP contribution in [0.1, 0.15) is 43.6 Å². The summed E-state index contributed by atoms with van der Waals surface area (Å²) in [5.41, 5.74) is 3.54. The third-order valence-corrected chi connectivity index (χ3v) is 4.85. The van der Waals surface area contributed by atoms with Gasteiger partial charge < -0.3 is 4.52 Å². The topological polar surface area (TPSA) is 56.7 Å². The maximum atomic E-state index is 5.35. The highest BCUT2D eigenvalue weighted by Crippen LogP contribution is 2.27. The summed E-state index contributed by atoms with van der Waals surface area (Å²) in [7, 11) is 0. The number of aryl methyl sites for hydroxylation is 1. The molecule has 0 bridgehead atoms. The van der Waals surface area contributed by atoms with Crippen LogP contribution in [-0.2, 0) is 11.2 Å². The van der Waals surface area contributed by atoms with E-state index in [9.17, 15) is 0 Å². The minimum absolute atomic E-state index is 0.132. The lowest BCUT2D eigenvalue weighted by molar-refractivity contribution is 0.319. The Bertz CT molecular complexity index is 845. The van der Waals surface area contributed by atoms with Crippen molar-refractivity contribution in [1.82, 2.24) is 19.7 Å². The van der Waals surface area contributed by atoms with Gasteiger partial charge in [-0.05, 0) is 31.0 Å². The quantitative estimate of drug-likeness (QED) is 0.655. The second-order valence-corrected chi connectivity index (χ2v) is 7.80. The molecule has 0 aliphatic rings. The fourth-order valence-corrected chi connectivity index (χ4v) is 3.13. The van der Waals surface area contributed by atoms with Gasteiger partial charge in [-0.3, -0.25) is 4.57 Å². The van der Waals surface area contributed by atoms with Gasteiger partial charge in [0.2, 0.25) is 5.89 Å². The molecule has 0 saturated carbocycles. The van der Waals surface area contributed by atoms with Gasteiger partial charge in [0.1, 0.15) is 0 Å². The van der Waals surface area contributed by atoms with Gasteiger partial charge in [-0.2, -0.15) is 4.98 Å². The number of benzene rings is 1. The van der Waals surface area contributed by atoms with Crippen molar-refractivity contribution in [3.05, 3.63) is 53.4 Å². The molecule has 3 rings (SSSR count). The Hall–Kier alpha value is -2.08. The molecule has 0 amide bonds. The predicted molar refractivity (Wildman–Crippen MR) is 95.6 cm³/mol. The van der Waals surface area contributed by atoms with Crippen molar-refractivity contribution >= 4 is 11.8 Å². The first-order valence-electron chi connectivity index (χ1n) is 7.92. The van der Waals surface area contributed by atoms with Gasteiger partial charge in [0.25, 0.3) is 0 Å². The number of aromatic nitrogens is 4. The number of hydrogen-bond donors (Lipinski definition) is 0. The van der Waals surface area contributed by atoms with Crippen LogP contribution < -0.4 is 0 Å². The number of thioether (sulfide) groups is 1. The summed E-state index contributed by atoms with van der Waals surface area (Å²) in [6.45, 7) is 10.4.